The van der Waals surface area contributed by atoms with Crippen molar-refractivity contribution in [3.05, 3.63) is 76.8 Å². The Balaban J connectivity index is 1.81. The first kappa shape index (κ1) is 15.2. The molecule has 0 aliphatic carbocycles. The molecule has 2 heterocycles. The van der Waals surface area contributed by atoms with Crippen molar-refractivity contribution in [3.63, 3.8) is 0 Å². The number of hydrogen-bond donors (Lipinski definition) is 0. The van der Waals surface area contributed by atoms with Gasteiger partial charge in [0.1, 0.15) is 5.75 Å². The van der Waals surface area contributed by atoms with Gasteiger partial charge in [0.15, 0.2) is 5.78 Å². The first-order valence-corrected chi connectivity index (χ1v) is 8.02. The van der Waals surface area contributed by atoms with Crippen LogP contribution in [-0.4, -0.2) is 16.8 Å². The fourth-order valence-electron chi connectivity index (χ4n) is 2.34. The molecule has 3 rings (SSSR count). The highest BCUT2D eigenvalue weighted by molar-refractivity contribution is 7.10. The molecule has 1 aromatic carbocycles. The Hall–Kier alpha value is -2.66. The Labute approximate surface area is 138 Å². The smallest absolute Gasteiger partial charge is 0.410 e. The van der Waals surface area contributed by atoms with Gasteiger partial charge < -0.3 is 4.74 Å². The fraction of sp³-hybridized carbons (Fsp3) is 0.111. The molecule has 1 aliphatic rings. The number of nitrogens with zero attached hydrogens (tertiary/aromatic N) is 1. The minimum absolute atomic E-state index is 0.0646. The average molecular weight is 325 g/mol. The van der Waals surface area contributed by atoms with Crippen molar-refractivity contribution in [2.45, 2.75) is 12.8 Å². The number of carbonyl (C=O) groups excluding carboxylic acids is 2. The molecular formula is C18H15NO3S. The van der Waals surface area contributed by atoms with E-state index in [1.807, 2.05) is 29.7 Å². The van der Waals surface area contributed by atoms with E-state index in [0.29, 0.717) is 11.3 Å². The molecule has 4 nitrogen and oxygen atoms in total. The minimum Gasteiger partial charge on any atom is -0.410 e. The predicted molar refractivity (Wildman–Crippen MR) is 89.3 cm³/mol. The van der Waals surface area contributed by atoms with Gasteiger partial charge in [-0.05, 0) is 30.5 Å². The number of rotatable bonds is 3. The molecule has 0 spiro atoms. The zero-order valence-corrected chi connectivity index (χ0v) is 13.3. The Morgan fingerprint density at radius 1 is 1.13 bits per heavy atom. The van der Waals surface area contributed by atoms with E-state index in [2.05, 4.69) is 0 Å². The standard InChI is InChI=1S/C18H15NO3S/c1-13(20)16-12-19(10-9-15(16)17-8-5-11-23-17)18(21)22-14-6-3-2-4-7-14/h2-12,15H,1H3. The summed E-state index contributed by atoms with van der Waals surface area (Å²) in [5.41, 5.74) is 0.569. The number of ether oxygens (including phenoxy) is 1. The first-order chi connectivity index (χ1) is 11.1. The fourth-order valence-corrected chi connectivity index (χ4v) is 3.16. The van der Waals surface area contributed by atoms with Gasteiger partial charge in [-0.25, -0.2) is 4.79 Å². The first-order valence-electron chi connectivity index (χ1n) is 7.15. The summed E-state index contributed by atoms with van der Waals surface area (Å²) in [6, 6.07) is 12.8. The van der Waals surface area contributed by atoms with Crippen LogP contribution in [0.1, 0.15) is 17.7 Å². The maximum absolute atomic E-state index is 12.2. The molecule has 0 saturated carbocycles. The van der Waals surface area contributed by atoms with Gasteiger partial charge in [-0.15, -0.1) is 11.3 Å². The SMILES string of the molecule is CC(=O)C1=CN(C(=O)Oc2ccccc2)C=CC1c1cccs1. The van der Waals surface area contributed by atoms with Gasteiger partial charge in [0.2, 0.25) is 0 Å². The highest BCUT2D eigenvalue weighted by Gasteiger charge is 2.25. The lowest BCUT2D eigenvalue weighted by molar-refractivity contribution is -0.113. The molecule has 5 heteroatoms. The van der Waals surface area contributed by atoms with Gasteiger partial charge in [-0.1, -0.05) is 30.3 Å². The number of benzene rings is 1. The number of Topliss-reactive ketones (excluding diaryl/α,β-unsaturated/α-hetero) is 1. The molecule has 0 bridgehead atoms. The second-order valence-corrected chi connectivity index (χ2v) is 6.04. The zero-order chi connectivity index (χ0) is 16.2. The largest absolute Gasteiger partial charge is 0.423 e. The third-order valence-corrected chi connectivity index (χ3v) is 4.42. The van der Waals surface area contributed by atoms with E-state index in [9.17, 15) is 9.59 Å². The van der Waals surface area contributed by atoms with Crippen LogP contribution >= 0.6 is 11.3 Å². The summed E-state index contributed by atoms with van der Waals surface area (Å²) in [5.74, 6) is 0.280. The van der Waals surface area contributed by atoms with E-state index in [1.165, 1.54) is 11.8 Å². The van der Waals surface area contributed by atoms with Crippen LogP contribution in [0, 0.1) is 0 Å². The van der Waals surface area contributed by atoms with Crippen molar-refractivity contribution in [3.8, 4) is 5.75 Å². The molecule has 2 aromatic rings. The average Bonchev–Trinajstić information content (AvgIpc) is 3.09. The zero-order valence-electron chi connectivity index (χ0n) is 12.5. The van der Waals surface area contributed by atoms with Crippen molar-refractivity contribution < 1.29 is 14.3 Å². The third kappa shape index (κ3) is 3.40. The summed E-state index contributed by atoms with van der Waals surface area (Å²) in [6.07, 6.45) is 4.49. The summed E-state index contributed by atoms with van der Waals surface area (Å²) in [6.45, 7) is 1.51. The lowest BCUT2D eigenvalue weighted by Crippen LogP contribution is -2.28. The maximum Gasteiger partial charge on any atom is 0.423 e. The van der Waals surface area contributed by atoms with Gasteiger partial charge in [0, 0.05) is 28.8 Å². The Bertz CT molecular complexity index is 763. The number of hydrogen-bond acceptors (Lipinski definition) is 4. The number of ketones is 1. The highest BCUT2D eigenvalue weighted by atomic mass is 32.1. The van der Waals surface area contributed by atoms with Crippen LogP contribution in [0.5, 0.6) is 5.75 Å². The Morgan fingerprint density at radius 2 is 1.91 bits per heavy atom. The molecule has 1 atom stereocenters. The van der Waals surface area contributed by atoms with Crippen molar-refractivity contribution >= 4 is 23.2 Å². The topological polar surface area (TPSA) is 46.6 Å². The van der Waals surface area contributed by atoms with Crippen LogP contribution in [0.15, 0.2) is 71.9 Å². The molecule has 0 saturated heterocycles. The molecule has 0 fully saturated rings. The van der Waals surface area contributed by atoms with E-state index < -0.39 is 6.09 Å². The van der Waals surface area contributed by atoms with Crippen molar-refractivity contribution in [1.29, 1.82) is 0 Å². The molecule has 0 N–H and O–H groups in total. The quantitative estimate of drug-likeness (QED) is 0.843. The Morgan fingerprint density at radius 3 is 2.57 bits per heavy atom. The van der Waals surface area contributed by atoms with Crippen LogP contribution in [-0.2, 0) is 4.79 Å². The third-order valence-electron chi connectivity index (χ3n) is 3.47. The number of carbonyl (C=O) groups is 2. The lowest BCUT2D eigenvalue weighted by Gasteiger charge is -2.23. The summed E-state index contributed by atoms with van der Waals surface area (Å²) in [5, 5.41) is 1.97. The van der Waals surface area contributed by atoms with Gasteiger partial charge in [-0.3, -0.25) is 9.69 Å². The molecule has 1 aliphatic heterocycles. The van der Waals surface area contributed by atoms with Gasteiger partial charge in [0.05, 0.1) is 0 Å². The van der Waals surface area contributed by atoms with E-state index in [-0.39, 0.29) is 11.7 Å². The van der Waals surface area contributed by atoms with Gasteiger partial charge >= 0.3 is 6.09 Å². The van der Waals surface area contributed by atoms with Crippen molar-refractivity contribution in [2.75, 3.05) is 0 Å². The molecule has 1 amide bonds. The Kier molecular flexibility index (Phi) is 4.39. The monoisotopic (exact) mass is 325 g/mol. The van der Waals surface area contributed by atoms with Crippen LogP contribution in [0.2, 0.25) is 0 Å². The second kappa shape index (κ2) is 6.62. The van der Waals surface area contributed by atoms with Crippen LogP contribution in [0.4, 0.5) is 4.79 Å². The summed E-state index contributed by atoms with van der Waals surface area (Å²) >= 11 is 1.58. The van der Waals surface area contributed by atoms with Crippen LogP contribution in [0.3, 0.4) is 0 Å². The van der Waals surface area contributed by atoms with E-state index in [0.717, 1.165) is 4.88 Å². The van der Waals surface area contributed by atoms with E-state index in [4.69, 9.17) is 4.74 Å². The van der Waals surface area contributed by atoms with Crippen LogP contribution in [0.25, 0.3) is 0 Å². The molecule has 23 heavy (non-hydrogen) atoms. The molecule has 1 unspecified atom stereocenters. The molecule has 1 aromatic heterocycles. The minimum atomic E-state index is -0.546. The van der Waals surface area contributed by atoms with E-state index in [1.54, 1.807) is 48.0 Å². The normalized spacial score (nSPS) is 16.8. The predicted octanol–water partition coefficient (Wildman–Crippen LogP) is 4.33. The number of para-hydroxylation sites is 1. The van der Waals surface area contributed by atoms with Gasteiger partial charge in [0.25, 0.3) is 0 Å². The number of thiophene rings is 1. The van der Waals surface area contributed by atoms with Gasteiger partial charge in [-0.2, -0.15) is 0 Å². The molecule has 116 valence electrons. The number of amides is 1. The number of allylic oxidation sites excluding steroid dienone is 2. The molecule has 0 radical (unpaired) electrons. The second-order valence-electron chi connectivity index (χ2n) is 5.06. The summed E-state index contributed by atoms with van der Waals surface area (Å²) < 4.78 is 5.29. The van der Waals surface area contributed by atoms with Crippen LogP contribution < -0.4 is 4.74 Å². The maximum atomic E-state index is 12.2. The van der Waals surface area contributed by atoms with Crippen molar-refractivity contribution in [2.24, 2.45) is 0 Å². The summed E-state index contributed by atoms with van der Waals surface area (Å²) in [7, 11) is 0. The van der Waals surface area contributed by atoms with Crippen molar-refractivity contribution in [1.82, 2.24) is 4.90 Å². The van der Waals surface area contributed by atoms with E-state index >= 15 is 0 Å². The summed E-state index contributed by atoms with van der Waals surface area (Å²) in [4.78, 5) is 26.6. The molecular weight excluding hydrogens is 310 g/mol. The highest BCUT2D eigenvalue weighted by Crippen LogP contribution is 2.33. The lowest BCUT2D eigenvalue weighted by atomic mass is 9.93.